The fraction of sp³-hybridized carbons (Fsp3) is 0.161. The molecule has 3 heterocycles. The van der Waals surface area contributed by atoms with E-state index >= 15 is 0 Å². The van der Waals surface area contributed by atoms with E-state index in [1.807, 2.05) is 50.2 Å². The minimum atomic E-state index is -3.99. The zero-order valence-electron chi connectivity index (χ0n) is 22.6. The third-order valence-electron chi connectivity index (χ3n) is 7.29. The van der Waals surface area contributed by atoms with Gasteiger partial charge in [0.25, 0.3) is 10.0 Å². The number of thioether (sulfide) groups is 1. The number of hydrogen-bond donors (Lipinski definition) is 1. The first-order valence-corrected chi connectivity index (χ1v) is 17.0. The Kier molecular flexibility index (Phi) is 7.19. The van der Waals surface area contributed by atoms with E-state index in [2.05, 4.69) is 4.98 Å². The lowest BCUT2D eigenvalue weighted by Gasteiger charge is -2.21. The quantitative estimate of drug-likeness (QED) is 0.220. The summed E-state index contributed by atoms with van der Waals surface area (Å²) >= 11 is 1.58. The summed E-state index contributed by atoms with van der Waals surface area (Å²) in [4.78, 5) is 4.63. The van der Waals surface area contributed by atoms with Crippen molar-refractivity contribution in [2.75, 3.05) is 0 Å². The summed E-state index contributed by atoms with van der Waals surface area (Å²) in [7, 11) is -7.87. The van der Waals surface area contributed by atoms with Gasteiger partial charge < -0.3 is 4.98 Å². The highest BCUT2D eigenvalue weighted by Crippen LogP contribution is 2.40. The van der Waals surface area contributed by atoms with Crippen LogP contribution in [0.3, 0.4) is 0 Å². The molecule has 0 spiro atoms. The van der Waals surface area contributed by atoms with Crippen LogP contribution in [-0.4, -0.2) is 30.1 Å². The van der Waals surface area contributed by atoms with E-state index in [4.69, 9.17) is 0 Å². The minimum Gasteiger partial charge on any atom is -0.360 e. The van der Waals surface area contributed by atoms with Crippen molar-refractivity contribution in [1.29, 1.82) is 0 Å². The topological polar surface area (TPSA) is 92.2 Å². The lowest BCUT2D eigenvalue weighted by atomic mass is 10.1. The number of nitrogens with zero attached hydrogens (tertiary/aromatic N) is 2. The second-order valence-electron chi connectivity index (χ2n) is 10.2. The maximum Gasteiger partial charge on any atom is 0.268 e. The first-order valence-electron chi connectivity index (χ1n) is 13.1. The number of aromatic nitrogens is 2. The van der Waals surface area contributed by atoms with Crippen LogP contribution in [0.4, 0.5) is 0 Å². The first kappa shape index (κ1) is 27.6. The van der Waals surface area contributed by atoms with Crippen molar-refractivity contribution in [1.82, 2.24) is 13.3 Å². The maximum atomic E-state index is 14.1. The molecule has 41 heavy (non-hydrogen) atoms. The average Bonchev–Trinajstić information content (AvgIpc) is 3.53. The number of fused-ring (bicyclic) bond motifs is 3. The molecule has 0 unspecified atom stereocenters. The summed E-state index contributed by atoms with van der Waals surface area (Å²) in [5.74, 6) is 0.469. The van der Waals surface area contributed by atoms with Crippen molar-refractivity contribution in [3.05, 3.63) is 125 Å². The number of H-pyrrole nitrogens is 1. The van der Waals surface area contributed by atoms with Gasteiger partial charge in [-0.25, -0.2) is 20.8 Å². The van der Waals surface area contributed by atoms with E-state index in [1.165, 1.54) is 8.28 Å². The average molecular weight is 604 g/mol. The van der Waals surface area contributed by atoms with Gasteiger partial charge in [-0.3, -0.25) is 0 Å². The first-order chi connectivity index (χ1) is 19.6. The van der Waals surface area contributed by atoms with Crippen molar-refractivity contribution in [3.63, 3.8) is 0 Å². The fourth-order valence-corrected chi connectivity index (χ4v) is 8.75. The molecule has 0 bridgehead atoms. The van der Waals surface area contributed by atoms with Crippen LogP contribution in [0.1, 0.15) is 27.8 Å². The molecule has 5 aromatic rings. The monoisotopic (exact) mass is 603 g/mol. The van der Waals surface area contributed by atoms with Crippen molar-refractivity contribution >= 4 is 31.8 Å². The SMILES string of the molecule is Cc1ccc(S(=O)(=O)N2Cc3cc[nH]c3-c3c(c(CSc4ccccc4)cn3S(=O)(=O)c3ccc(C)cc3)C2)cc1. The number of aromatic amines is 1. The van der Waals surface area contributed by atoms with E-state index in [0.29, 0.717) is 28.3 Å². The van der Waals surface area contributed by atoms with Gasteiger partial charge in [-0.1, -0.05) is 53.6 Å². The van der Waals surface area contributed by atoms with Gasteiger partial charge in [-0.05, 0) is 73.0 Å². The Balaban J connectivity index is 1.53. The molecule has 3 aromatic carbocycles. The predicted molar refractivity (Wildman–Crippen MR) is 162 cm³/mol. The highest BCUT2D eigenvalue weighted by atomic mass is 32.2. The zero-order valence-corrected chi connectivity index (χ0v) is 25.1. The van der Waals surface area contributed by atoms with E-state index in [1.54, 1.807) is 72.7 Å². The molecule has 6 rings (SSSR count). The summed E-state index contributed by atoms with van der Waals surface area (Å²) in [6.07, 6.45) is 3.38. The molecule has 210 valence electrons. The van der Waals surface area contributed by atoms with Crippen LogP contribution in [0, 0.1) is 13.8 Å². The van der Waals surface area contributed by atoms with Gasteiger partial charge in [-0.15, -0.1) is 11.8 Å². The fourth-order valence-electron chi connectivity index (χ4n) is 5.03. The second-order valence-corrected chi connectivity index (χ2v) is 15.0. The summed E-state index contributed by atoms with van der Waals surface area (Å²) in [6.45, 7) is 3.97. The van der Waals surface area contributed by atoms with E-state index in [0.717, 1.165) is 21.6 Å². The summed E-state index contributed by atoms with van der Waals surface area (Å²) in [5.41, 5.74) is 5.13. The predicted octanol–water partition coefficient (Wildman–Crippen LogP) is 6.33. The minimum absolute atomic E-state index is 0.0369. The lowest BCUT2D eigenvalue weighted by molar-refractivity contribution is 0.404. The number of nitrogens with one attached hydrogen (secondary N) is 1. The summed E-state index contributed by atoms with van der Waals surface area (Å²) < 4.78 is 58.8. The third kappa shape index (κ3) is 5.17. The smallest absolute Gasteiger partial charge is 0.268 e. The summed E-state index contributed by atoms with van der Waals surface area (Å²) in [6, 6.07) is 25.2. The maximum absolute atomic E-state index is 14.1. The number of rotatable bonds is 7. The Labute approximate surface area is 245 Å². The molecular formula is C31H29N3O4S3. The normalized spacial score (nSPS) is 13.9. The Morgan fingerprint density at radius 2 is 1.37 bits per heavy atom. The van der Waals surface area contributed by atoms with Crippen LogP contribution in [-0.2, 0) is 38.9 Å². The number of aryl methyl sites for hydroxylation is 2. The Bertz CT molecular complexity index is 1930. The lowest BCUT2D eigenvalue weighted by Crippen LogP contribution is -2.29. The van der Waals surface area contributed by atoms with Crippen molar-refractivity contribution in [3.8, 4) is 11.4 Å². The summed E-state index contributed by atoms with van der Waals surface area (Å²) in [5, 5.41) is 0. The van der Waals surface area contributed by atoms with Gasteiger partial charge in [0.15, 0.2) is 0 Å². The van der Waals surface area contributed by atoms with Gasteiger partial charge in [0.1, 0.15) is 0 Å². The Morgan fingerprint density at radius 3 is 2.00 bits per heavy atom. The molecule has 0 aliphatic carbocycles. The van der Waals surface area contributed by atoms with Crippen LogP contribution in [0.2, 0.25) is 0 Å². The van der Waals surface area contributed by atoms with E-state index in [9.17, 15) is 16.8 Å². The molecule has 0 saturated heterocycles. The van der Waals surface area contributed by atoms with Gasteiger partial charge >= 0.3 is 0 Å². The van der Waals surface area contributed by atoms with Crippen LogP contribution >= 0.6 is 11.8 Å². The Morgan fingerprint density at radius 1 is 0.756 bits per heavy atom. The number of sulfonamides is 1. The molecule has 0 amide bonds. The van der Waals surface area contributed by atoms with Crippen LogP contribution in [0.15, 0.2) is 112 Å². The van der Waals surface area contributed by atoms with Crippen molar-refractivity contribution in [2.45, 2.75) is 47.4 Å². The van der Waals surface area contributed by atoms with Gasteiger partial charge in [0.05, 0.1) is 21.2 Å². The Hall–Kier alpha value is -3.57. The molecule has 7 nitrogen and oxygen atoms in total. The van der Waals surface area contributed by atoms with Crippen molar-refractivity contribution < 1.29 is 16.8 Å². The van der Waals surface area contributed by atoms with Crippen LogP contribution in [0.25, 0.3) is 11.4 Å². The molecule has 0 radical (unpaired) electrons. The number of hydrogen-bond acceptors (Lipinski definition) is 5. The van der Waals surface area contributed by atoms with Crippen LogP contribution < -0.4 is 0 Å². The van der Waals surface area contributed by atoms with Gasteiger partial charge in [0.2, 0.25) is 10.0 Å². The van der Waals surface area contributed by atoms with E-state index < -0.39 is 20.0 Å². The van der Waals surface area contributed by atoms with Crippen molar-refractivity contribution in [2.24, 2.45) is 0 Å². The molecule has 10 heteroatoms. The highest BCUT2D eigenvalue weighted by Gasteiger charge is 2.35. The largest absolute Gasteiger partial charge is 0.360 e. The third-order valence-corrected chi connectivity index (χ3v) is 11.8. The van der Waals surface area contributed by atoms with Gasteiger partial charge in [-0.2, -0.15) is 4.31 Å². The molecule has 0 saturated carbocycles. The number of benzene rings is 3. The highest BCUT2D eigenvalue weighted by molar-refractivity contribution is 7.98. The van der Waals surface area contributed by atoms with Crippen LogP contribution in [0.5, 0.6) is 0 Å². The molecule has 1 aliphatic heterocycles. The molecule has 0 fully saturated rings. The van der Waals surface area contributed by atoms with Gasteiger partial charge in [0, 0.05) is 36.1 Å². The second kappa shape index (κ2) is 10.7. The zero-order chi connectivity index (χ0) is 28.8. The molecule has 0 atom stereocenters. The molecular weight excluding hydrogens is 575 g/mol. The van der Waals surface area contributed by atoms with E-state index in [-0.39, 0.29) is 22.9 Å². The molecule has 1 aliphatic rings. The molecule has 2 aromatic heterocycles. The molecule has 1 N–H and O–H groups in total. The standard InChI is InChI=1S/C31H29N3O4S3/c1-22-8-12-27(13-9-22)40(35,36)33-18-24-16-17-32-30(24)31-29(20-33)25(21-39-26-6-4-3-5-7-26)19-34(31)41(37,38)28-14-10-23(2)11-15-28/h3-17,19,32H,18,20-21H2,1-2H3.